The van der Waals surface area contributed by atoms with Gasteiger partial charge >= 0.3 is 5.97 Å². The van der Waals surface area contributed by atoms with Crippen LogP contribution in [0, 0.1) is 6.92 Å². The van der Waals surface area contributed by atoms with Crippen LogP contribution in [0.25, 0.3) is 0 Å². The fraction of sp³-hybridized carbons (Fsp3) is 0.600. The molecule has 1 aliphatic rings. The van der Waals surface area contributed by atoms with Crippen LogP contribution in [0.4, 0.5) is 0 Å². The molecule has 19 heavy (non-hydrogen) atoms. The maximum Gasteiger partial charge on any atom is 0.320 e. The molecule has 1 aromatic heterocycles. The topological polar surface area (TPSA) is 53.4 Å². The Labute approximate surface area is 114 Å². The number of aryl methyl sites for hydroxylation is 1. The van der Waals surface area contributed by atoms with Crippen molar-refractivity contribution in [1.82, 2.24) is 9.88 Å². The van der Waals surface area contributed by atoms with Gasteiger partial charge in [0.15, 0.2) is 0 Å². The van der Waals surface area contributed by atoms with Gasteiger partial charge in [0.1, 0.15) is 6.04 Å². The van der Waals surface area contributed by atoms with E-state index >= 15 is 0 Å². The molecule has 4 heteroatoms. The molecule has 1 unspecified atom stereocenters. The van der Waals surface area contributed by atoms with E-state index in [1.807, 2.05) is 25.1 Å². The fourth-order valence-electron chi connectivity index (χ4n) is 2.71. The van der Waals surface area contributed by atoms with Crippen LogP contribution < -0.4 is 0 Å². The molecular weight excluding hydrogens is 240 g/mol. The highest BCUT2D eigenvalue weighted by Crippen LogP contribution is 2.19. The lowest BCUT2D eigenvalue weighted by Crippen LogP contribution is -2.42. The molecule has 2 heterocycles. The summed E-state index contributed by atoms with van der Waals surface area (Å²) in [6, 6.07) is 5.57. The standard InChI is InChI=1S/C15H22N2O2/c1-12-7-6-8-13(16-12)11-17-10-5-3-2-4-9-14(17)15(18)19/h6-8,14H,2-5,9-11H2,1H3,(H,18,19). The van der Waals surface area contributed by atoms with Crippen molar-refractivity contribution in [1.29, 1.82) is 0 Å². The summed E-state index contributed by atoms with van der Waals surface area (Å²) in [4.78, 5) is 18.0. The Balaban J connectivity index is 2.10. The van der Waals surface area contributed by atoms with Gasteiger partial charge in [0.05, 0.1) is 5.69 Å². The molecule has 0 radical (unpaired) electrons. The first-order chi connectivity index (χ1) is 9.16. The second kappa shape index (κ2) is 6.66. The highest BCUT2D eigenvalue weighted by molar-refractivity contribution is 5.73. The summed E-state index contributed by atoms with van der Waals surface area (Å²) in [7, 11) is 0. The second-order valence-electron chi connectivity index (χ2n) is 5.30. The molecule has 104 valence electrons. The van der Waals surface area contributed by atoms with E-state index in [0.717, 1.165) is 43.6 Å². The van der Waals surface area contributed by atoms with Gasteiger partial charge in [-0.1, -0.05) is 25.3 Å². The summed E-state index contributed by atoms with van der Waals surface area (Å²) in [5, 5.41) is 9.40. The SMILES string of the molecule is Cc1cccc(CN2CCCCCCC2C(=O)O)n1. The molecule has 0 bridgehead atoms. The number of carboxylic acid groups (broad SMARTS) is 1. The van der Waals surface area contributed by atoms with Crippen LogP contribution in [0.5, 0.6) is 0 Å². The Morgan fingerprint density at radius 1 is 1.37 bits per heavy atom. The van der Waals surface area contributed by atoms with Crippen LogP contribution in [-0.2, 0) is 11.3 Å². The van der Waals surface area contributed by atoms with Crippen molar-refractivity contribution < 1.29 is 9.90 Å². The molecule has 0 aromatic carbocycles. The predicted octanol–water partition coefficient (Wildman–Crippen LogP) is 2.61. The van der Waals surface area contributed by atoms with Gasteiger partial charge in [0.2, 0.25) is 0 Å². The smallest absolute Gasteiger partial charge is 0.320 e. The van der Waals surface area contributed by atoms with Gasteiger partial charge in [0, 0.05) is 12.2 Å². The van der Waals surface area contributed by atoms with Gasteiger partial charge in [-0.05, 0) is 38.4 Å². The number of carbonyl (C=O) groups is 1. The summed E-state index contributed by atoms with van der Waals surface area (Å²) in [6.07, 6.45) is 5.19. The minimum atomic E-state index is -0.699. The second-order valence-corrected chi connectivity index (χ2v) is 5.30. The number of carboxylic acids is 1. The highest BCUT2D eigenvalue weighted by Gasteiger charge is 2.26. The normalized spacial score (nSPS) is 21.6. The largest absolute Gasteiger partial charge is 0.480 e. The van der Waals surface area contributed by atoms with Crippen molar-refractivity contribution in [2.75, 3.05) is 6.54 Å². The zero-order valence-corrected chi connectivity index (χ0v) is 11.5. The first-order valence-electron chi connectivity index (χ1n) is 7.06. The van der Waals surface area contributed by atoms with E-state index in [0.29, 0.717) is 6.54 Å². The van der Waals surface area contributed by atoms with Crippen LogP contribution in [0.3, 0.4) is 0 Å². The van der Waals surface area contributed by atoms with Gasteiger partial charge < -0.3 is 5.11 Å². The van der Waals surface area contributed by atoms with E-state index in [-0.39, 0.29) is 6.04 Å². The van der Waals surface area contributed by atoms with E-state index in [9.17, 15) is 9.90 Å². The van der Waals surface area contributed by atoms with E-state index < -0.39 is 5.97 Å². The molecule has 0 saturated carbocycles. The third-order valence-electron chi connectivity index (χ3n) is 3.71. The molecule has 2 rings (SSSR count). The lowest BCUT2D eigenvalue weighted by molar-refractivity contribution is -0.144. The molecular formula is C15H22N2O2. The zero-order chi connectivity index (χ0) is 13.7. The summed E-state index contributed by atoms with van der Waals surface area (Å²) < 4.78 is 0. The Morgan fingerprint density at radius 3 is 2.89 bits per heavy atom. The van der Waals surface area contributed by atoms with E-state index in [2.05, 4.69) is 9.88 Å². The molecule has 1 atom stereocenters. The number of hydrogen-bond donors (Lipinski definition) is 1. The lowest BCUT2D eigenvalue weighted by atomic mass is 10.0. The molecule has 0 spiro atoms. The van der Waals surface area contributed by atoms with Crippen LogP contribution in [0.15, 0.2) is 18.2 Å². The summed E-state index contributed by atoms with van der Waals surface area (Å²) in [6.45, 7) is 3.46. The average Bonchev–Trinajstić information content (AvgIpc) is 2.32. The van der Waals surface area contributed by atoms with E-state index in [1.54, 1.807) is 0 Å². The third kappa shape index (κ3) is 4.03. The van der Waals surface area contributed by atoms with Crippen LogP contribution >= 0.6 is 0 Å². The predicted molar refractivity (Wildman–Crippen MR) is 73.9 cm³/mol. The van der Waals surface area contributed by atoms with Crippen LogP contribution in [0.1, 0.15) is 43.5 Å². The van der Waals surface area contributed by atoms with Crippen molar-refractivity contribution in [3.8, 4) is 0 Å². The summed E-state index contributed by atoms with van der Waals surface area (Å²) >= 11 is 0. The number of rotatable bonds is 3. The molecule has 1 aromatic rings. The molecule has 0 aliphatic carbocycles. The van der Waals surface area contributed by atoms with Crippen molar-refractivity contribution in [3.05, 3.63) is 29.6 Å². The summed E-state index contributed by atoms with van der Waals surface area (Å²) in [5.74, 6) is -0.699. The summed E-state index contributed by atoms with van der Waals surface area (Å²) in [5.41, 5.74) is 1.95. The van der Waals surface area contributed by atoms with Crippen molar-refractivity contribution in [2.24, 2.45) is 0 Å². The van der Waals surface area contributed by atoms with Crippen molar-refractivity contribution in [3.63, 3.8) is 0 Å². The number of likely N-dealkylation sites (tertiary alicyclic amines) is 1. The first kappa shape index (κ1) is 14.0. The molecule has 1 aliphatic heterocycles. The molecule has 4 nitrogen and oxygen atoms in total. The lowest BCUT2D eigenvalue weighted by Gasteiger charge is -2.30. The van der Waals surface area contributed by atoms with Gasteiger partial charge in [-0.15, -0.1) is 0 Å². The average molecular weight is 262 g/mol. The third-order valence-corrected chi connectivity index (χ3v) is 3.71. The van der Waals surface area contributed by atoms with E-state index in [1.165, 1.54) is 6.42 Å². The maximum atomic E-state index is 11.4. The van der Waals surface area contributed by atoms with Crippen LogP contribution in [0.2, 0.25) is 0 Å². The van der Waals surface area contributed by atoms with Gasteiger partial charge in [-0.2, -0.15) is 0 Å². The molecule has 1 N–H and O–H groups in total. The van der Waals surface area contributed by atoms with Gasteiger partial charge in [0.25, 0.3) is 0 Å². The number of aromatic nitrogens is 1. The Hall–Kier alpha value is -1.42. The number of aliphatic carboxylic acids is 1. The zero-order valence-electron chi connectivity index (χ0n) is 11.5. The molecule has 1 saturated heterocycles. The quantitative estimate of drug-likeness (QED) is 0.909. The number of pyridine rings is 1. The monoisotopic (exact) mass is 262 g/mol. The Morgan fingerprint density at radius 2 is 2.16 bits per heavy atom. The first-order valence-corrected chi connectivity index (χ1v) is 7.06. The van der Waals surface area contributed by atoms with Gasteiger partial charge in [-0.3, -0.25) is 14.7 Å². The van der Waals surface area contributed by atoms with E-state index in [4.69, 9.17) is 0 Å². The highest BCUT2D eigenvalue weighted by atomic mass is 16.4. The van der Waals surface area contributed by atoms with Crippen molar-refractivity contribution in [2.45, 2.75) is 51.6 Å². The Bertz CT molecular complexity index is 434. The molecule has 1 fully saturated rings. The van der Waals surface area contributed by atoms with Crippen molar-refractivity contribution >= 4 is 5.97 Å². The minimum Gasteiger partial charge on any atom is -0.480 e. The van der Waals surface area contributed by atoms with Crippen LogP contribution in [-0.4, -0.2) is 33.5 Å². The number of nitrogens with zero attached hydrogens (tertiary/aromatic N) is 2. The van der Waals surface area contributed by atoms with Gasteiger partial charge in [-0.25, -0.2) is 0 Å². The maximum absolute atomic E-state index is 11.4. The molecule has 0 amide bonds. The minimum absolute atomic E-state index is 0.359. The number of hydrogen-bond acceptors (Lipinski definition) is 3. The Kier molecular flexibility index (Phi) is 4.91. The fourth-order valence-corrected chi connectivity index (χ4v) is 2.71.